The molecule has 0 saturated heterocycles. The fraction of sp³-hybridized carbons (Fsp3) is 0.333. The number of thiocyanates is 1. The van der Waals surface area contributed by atoms with E-state index in [1.807, 2.05) is 0 Å². The first-order chi connectivity index (χ1) is 3.15. The Morgan fingerprint density at radius 3 is 1.88 bits per heavy atom. The van der Waals surface area contributed by atoms with E-state index in [-0.39, 0.29) is 29.6 Å². The predicted molar refractivity (Wildman–Crippen MR) is 26.3 cm³/mol. The summed E-state index contributed by atoms with van der Waals surface area (Å²) < 4.78 is 0. The zero-order valence-corrected chi connectivity index (χ0v) is 7.53. The molecule has 0 atom stereocenters. The van der Waals surface area contributed by atoms with Gasteiger partial charge in [0.05, 0.1) is 0 Å². The smallest absolute Gasteiger partial charge is 0.696 e. The summed E-state index contributed by atoms with van der Waals surface area (Å²) >= 11 is 3.70. The molecular weight excluding hydrogens is 137 g/mol. The first kappa shape index (κ1) is 15.7. The third-order valence-electron chi connectivity index (χ3n) is 0. The minimum atomic E-state index is -0.833. The minimum absolute atomic E-state index is 0. The van der Waals surface area contributed by atoms with Gasteiger partial charge in [-0.05, 0) is 0 Å². The van der Waals surface area contributed by atoms with Crippen molar-refractivity contribution in [2.75, 3.05) is 0 Å². The molecule has 0 bridgehead atoms. The second kappa shape index (κ2) is 15.7. The number of carboxylic acid groups (broad SMARTS) is 1. The van der Waals surface area contributed by atoms with E-state index in [4.69, 9.17) is 15.2 Å². The monoisotopic (exact) mass is 141 g/mol. The largest absolute Gasteiger partial charge is 1.00 e. The maximum absolute atomic E-state index is 9.00. The molecule has 1 N–H and O–H groups in total. The molecule has 0 aromatic rings. The molecule has 0 spiro atoms. The van der Waals surface area contributed by atoms with E-state index < -0.39 is 5.97 Å². The van der Waals surface area contributed by atoms with E-state index in [1.165, 1.54) is 5.40 Å². The fourth-order valence-electron chi connectivity index (χ4n) is 0. The molecule has 0 aliphatic rings. The van der Waals surface area contributed by atoms with Crippen LogP contribution >= 0.6 is 0 Å². The van der Waals surface area contributed by atoms with Gasteiger partial charge < -0.3 is 17.7 Å². The maximum atomic E-state index is 9.00. The average molecular weight is 141 g/mol. The van der Waals surface area contributed by atoms with Crippen molar-refractivity contribution in [3.63, 3.8) is 0 Å². The van der Waals surface area contributed by atoms with Gasteiger partial charge in [0, 0.05) is 6.92 Å². The second-order valence-electron chi connectivity index (χ2n) is 0.610. The van der Waals surface area contributed by atoms with E-state index in [9.17, 15) is 0 Å². The molecule has 0 fully saturated rings. The molecule has 3 nitrogen and oxygen atoms in total. The molecule has 5 heteroatoms. The van der Waals surface area contributed by atoms with Crippen molar-refractivity contribution in [1.82, 2.24) is 0 Å². The van der Waals surface area contributed by atoms with E-state index in [0.717, 1.165) is 6.92 Å². The van der Waals surface area contributed by atoms with E-state index in [0.29, 0.717) is 0 Å². The fourth-order valence-corrected chi connectivity index (χ4v) is 0. The average Bonchev–Trinajstić information content (AvgIpc) is 1.33. The quantitative estimate of drug-likeness (QED) is 0.223. The minimum Gasteiger partial charge on any atom is -0.696 e. The van der Waals surface area contributed by atoms with E-state index >= 15 is 0 Å². The van der Waals surface area contributed by atoms with Crippen LogP contribution in [0.3, 0.4) is 0 Å². The van der Waals surface area contributed by atoms with Crippen LogP contribution in [0, 0.1) is 10.7 Å². The number of carbonyl (C=O) groups is 1. The summed E-state index contributed by atoms with van der Waals surface area (Å²) in [5, 5.41) is 15.9. The van der Waals surface area contributed by atoms with Gasteiger partial charge in [-0.3, -0.25) is 4.79 Å². The Morgan fingerprint density at radius 2 is 1.88 bits per heavy atom. The molecule has 0 aliphatic carbocycles. The third-order valence-corrected chi connectivity index (χ3v) is 0. The molecule has 0 radical (unpaired) electrons. The predicted octanol–water partition coefficient (Wildman–Crippen LogP) is -2.89. The maximum Gasteiger partial charge on any atom is 1.00 e. The van der Waals surface area contributed by atoms with Gasteiger partial charge in [0.1, 0.15) is 0 Å². The summed E-state index contributed by atoms with van der Waals surface area (Å²) in [5.74, 6) is -0.833. The normalized spacial score (nSPS) is 4.00. The first-order valence-corrected chi connectivity index (χ1v) is 1.76. The Hall–Kier alpha value is 0.180. The van der Waals surface area contributed by atoms with Gasteiger partial charge in [0.2, 0.25) is 0 Å². The van der Waals surface area contributed by atoms with Crippen LogP contribution in [-0.2, 0) is 17.4 Å². The van der Waals surface area contributed by atoms with Crippen LogP contribution in [0.1, 0.15) is 6.92 Å². The summed E-state index contributed by atoms with van der Waals surface area (Å²) in [4.78, 5) is 9.00. The molecule has 0 amide bonds. The summed E-state index contributed by atoms with van der Waals surface area (Å²) in [5.41, 5.74) is 0. The number of hydrogen-bond acceptors (Lipinski definition) is 3. The zero-order valence-electron chi connectivity index (χ0n) is 4.71. The Balaban J connectivity index is -0.0000000575. The van der Waals surface area contributed by atoms with Gasteiger partial charge in [-0.1, -0.05) is 5.40 Å². The van der Waals surface area contributed by atoms with Crippen LogP contribution in [0.15, 0.2) is 0 Å². The number of carboxylic acids is 1. The molecule has 0 unspecified atom stereocenters. The number of nitriles is 1. The van der Waals surface area contributed by atoms with Gasteiger partial charge in [0.15, 0.2) is 0 Å². The standard InChI is InChI=1S/C2H4O2.CHNS.Na/c1-2(3)4;2-1-3;/h1H3,(H,3,4);3H;/q;;+1/p-1. The number of aliphatic carboxylic acids is 1. The molecule has 40 valence electrons. The molecule has 0 aromatic heterocycles. The molecule has 0 aliphatic heterocycles. The van der Waals surface area contributed by atoms with Crippen molar-refractivity contribution in [1.29, 1.82) is 5.26 Å². The second-order valence-corrected chi connectivity index (χ2v) is 0.793. The van der Waals surface area contributed by atoms with Crippen molar-refractivity contribution >= 4 is 18.6 Å². The number of rotatable bonds is 0. The van der Waals surface area contributed by atoms with Crippen LogP contribution < -0.4 is 29.6 Å². The van der Waals surface area contributed by atoms with Gasteiger partial charge >= 0.3 is 29.6 Å². The molecule has 0 rings (SSSR count). The molecular formula is C3H4NNaO2S. The van der Waals surface area contributed by atoms with Crippen LogP contribution in [0.25, 0.3) is 0 Å². The Kier molecular flexibility index (Phi) is 30.8. The van der Waals surface area contributed by atoms with Crippen molar-refractivity contribution < 1.29 is 39.5 Å². The van der Waals surface area contributed by atoms with Crippen molar-refractivity contribution in [2.45, 2.75) is 6.92 Å². The van der Waals surface area contributed by atoms with Gasteiger partial charge in [-0.15, -0.1) is 0 Å². The van der Waals surface area contributed by atoms with Crippen LogP contribution in [0.2, 0.25) is 0 Å². The zero-order chi connectivity index (χ0) is 6.28. The molecule has 0 aromatic carbocycles. The molecule has 8 heavy (non-hydrogen) atoms. The Bertz CT molecular complexity index is 85.8. The third kappa shape index (κ3) is 5120. The summed E-state index contributed by atoms with van der Waals surface area (Å²) in [6, 6.07) is 0. The van der Waals surface area contributed by atoms with Crippen LogP contribution in [-0.4, -0.2) is 11.1 Å². The molecule has 0 heterocycles. The van der Waals surface area contributed by atoms with Crippen LogP contribution in [0.4, 0.5) is 0 Å². The summed E-state index contributed by atoms with van der Waals surface area (Å²) in [7, 11) is 0. The first-order valence-electron chi connectivity index (χ1n) is 1.36. The van der Waals surface area contributed by atoms with Crippen LogP contribution in [0.5, 0.6) is 0 Å². The van der Waals surface area contributed by atoms with Gasteiger partial charge in [0.25, 0.3) is 5.97 Å². The van der Waals surface area contributed by atoms with Crippen molar-refractivity contribution in [3.05, 3.63) is 0 Å². The van der Waals surface area contributed by atoms with Gasteiger partial charge in [-0.2, -0.15) is 0 Å². The van der Waals surface area contributed by atoms with E-state index in [2.05, 4.69) is 12.6 Å². The van der Waals surface area contributed by atoms with Crippen molar-refractivity contribution in [3.8, 4) is 5.40 Å². The summed E-state index contributed by atoms with van der Waals surface area (Å²) in [6.45, 7) is 1.08. The van der Waals surface area contributed by atoms with Crippen molar-refractivity contribution in [2.24, 2.45) is 0 Å². The number of nitrogens with zero attached hydrogens (tertiary/aromatic N) is 1. The van der Waals surface area contributed by atoms with E-state index in [1.54, 1.807) is 0 Å². The number of hydrogen-bond donors (Lipinski definition) is 1. The topological polar surface area (TPSA) is 61.1 Å². The SMILES string of the molecule is CC(=O)O.N#C[S-].[Na+]. The summed E-state index contributed by atoms with van der Waals surface area (Å²) in [6.07, 6.45) is 0. The molecule has 0 saturated carbocycles. The Labute approximate surface area is 75.4 Å². The Morgan fingerprint density at radius 1 is 1.88 bits per heavy atom. The van der Waals surface area contributed by atoms with Gasteiger partial charge in [-0.25, -0.2) is 5.26 Å².